The van der Waals surface area contributed by atoms with Crippen LogP contribution in [0.2, 0.25) is 0 Å². The summed E-state index contributed by atoms with van der Waals surface area (Å²) in [6.07, 6.45) is 5.33. The summed E-state index contributed by atoms with van der Waals surface area (Å²) in [6, 6.07) is 7.43. The number of methoxy groups -OCH3 is 1. The molecule has 2 saturated heterocycles. The Morgan fingerprint density at radius 1 is 0.964 bits per heavy atom. The Morgan fingerprint density at radius 2 is 1.68 bits per heavy atom. The maximum atomic E-state index is 12.8. The molecule has 0 radical (unpaired) electrons. The molecule has 1 amide bonds. The number of piperidine rings is 1. The second-order valence-electron chi connectivity index (χ2n) is 7.90. The second-order valence-corrected chi connectivity index (χ2v) is 7.90. The molecular formula is C22H31N3O3. The lowest BCUT2D eigenvalue weighted by Crippen LogP contribution is -2.49. The zero-order valence-electron chi connectivity index (χ0n) is 16.9. The molecule has 0 aliphatic carbocycles. The Balaban J connectivity index is 1.25. The van der Waals surface area contributed by atoms with Crippen LogP contribution in [-0.4, -0.2) is 80.1 Å². The molecule has 2 aromatic rings. The van der Waals surface area contributed by atoms with Crippen molar-refractivity contribution in [3.05, 3.63) is 30.0 Å². The summed E-state index contributed by atoms with van der Waals surface area (Å²) in [7, 11) is 1.64. The Labute approximate surface area is 167 Å². The Morgan fingerprint density at radius 3 is 2.39 bits per heavy atom. The van der Waals surface area contributed by atoms with Crippen LogP contribution >= 0.6 is 0 Å². The molecule has 0 spiro atoms. The van der Waals surface area contributed by atoms with Crippen LogP contribution in [0.3, 0.4) is 0 Å². The Bertz CT molecular complexity index is 789. The van der Waals surface area contributed by atoms with Crippen molar-refractivity contribution in [1.29, 1.82) is 0 Å². The molecule has 0 saturated carbocycles. The van der Waals surface area contributed by atoms with Crippen molar-refractivity contribution in [2.24, 2.45) is 0 Å². The first-order chi connectivity index (χ1) is 13.7. The number of piperazine rings is 1. The highest BCUT2D eigenvalue weighted by atomic mass is 16.5. The number of hydrogen-bond donors (Lipinski definition) is 0. The number of furan rings is 1. The lowest BCUT2D eigenvalue weighted by Gasteiger charge is -2.35. The molecule has 0 atom stereocenters. The van der Waals surface area contributed by atoms with Crippen molar-refractivity contribution in [2.45, 2.75) is 25.7 Å². The minimum absolute atomic E-state index is 0.0110. The minimum atomic E-state index is -0.0110. The third kappa shape index (κ3) is 4.50. The molecule has 6 heteroatoms. The summed E-state index contributed by atoms with van der Waals surface area (Å²) in [4.78, 5) is 19.8. The molecule has 0 unspecified atom stereocenters. The SMILES string of the molecule is COc1ccc2oc(C(=O)N3CCN(CCCN4CCCCC4)CC3)cc2c1. The largest absolute Gasteiger partial charge is 0.497 e. The van der Waals surface area contributed by atoms with E-state index < -0.39 is 0 Å². The number of hydrogen-bond acceptors (Lipinski definition) is 5. The quantitative estimate of drug-likeness (QED) is 0.765. The molecule has 28 heavy (non-hydrogen) atoms. The van der Waals surface area contributed by atoms with E-state index in [-0.39, 0.29) is 5.91 Å². The summed E-state index contributed by atoms with van der Waals surface area (Å²) >= 11 is 0. The number of likely N-dealkylation sites (tertiary alicyclic amines) is 1. The van der Waals surface area contributed by atoms with Gasteiger partial charge in [0.15, 0.2) is 5.76 Å². The molecule has 2 fully saturated rings. The number of fused-ring (bicyclic) bond motifs is 1. The first kappa shape index (κ1) is 19.3. The van der Waals surface area contributed by atoms with Crippen molar-refractivity contribution in [1.82, 2.24) is 14.7 Å². The van der Waals surface area contributed by atoms with Gasteiger partial charge in [0.25, 0.3) is 5.91 Å². The molecule has 2 aliphatic rings. The van der Waals surface area contributed by atoms with Gasteiger partial charge in [-0.25, -0.2) is 0 Å². The highest BCUT2D eigenvalue weighted by Crippen LogP contribution is 2.25. The van der Waals surface area contributed by atoms with Crippen LogP contribution in [0.25, 0.3) is 11.0 Å². The number of ether oxygens (including phenoxy) is 1. The molecule has 152 valence electrons. The second kappa shape index (κ2) is 8.97. The molecule has 4 rings (SSSR count). The third-order valence-corrected chi connectivity index (χ3v) is 5.99. The summed E-state index contributed by atoms with van der Waals surface area (Å²) in [5.74, 6) is 1.18. The standard InChI is InChI=1S/C22H31N3O3/c1-27-19-6-7-20-18(16-19)17-21(28-20)22(26)25-14-12-24(13-15-25)11-5-10-23-8-3-2-4-9-23/h6-7,16-17H,2-5,8-15H2,1H3. The van der Waals surface area contributed by atoms with E-state index >= 15 is 0 Å². The van der Waals surface area contributed by atoms with E-state index in [1.807, 2.05) is 29.2 Å². The van der Waals surface area contributed by atoms with E-state index in [0.29, 0.717) is 5.76 Å². The van der Waals surface area contributed by atoms with Crippen molar-refractivity contribution in [2.75, 3.05) is 59.5 Å². The Kier molecular flexibility index (Phi) is 6.17. The van der Waals surface area contributed by atoms with Gasteiger partial charge in [-0.3, -0.25) is 9.69 Å². The van der Waals surface area contributed by atoms with Crippen LogP contribution in [-0.2, 0) is 0 Å². The maximum absolute atomic E-state index is 12.8. The molecule has 0 N–H and O–H groups in total. The third-order valence-electron chi connectivity index (χ3n) is 5.99. The minimum Gasteiger partial charge on any atom is -0.497 e. The fourth-order valence-corrected chi connectivity index (χ4v) is 4.29. The molecule has 1 aromatic heterocycles. The van der Waals surface area contributed by atoms with Crippen molar-refractivity contribution >= 4 is 16.9 Å². The van der Waals surface area contributed by atoms with E-state index in [1.165, 1.54) is 45.3 Å². The normalized spacial score (nSPS) is 19.2. The lowest BCUT2D eigenvalue weighted by molar-refractivity contribution is 0.0602. The number of amides is 1. The zero-order valence-corrected chi connectivity index (χ0v) is 16.9. The number of carbonyl (C=O) groups excluding carboxylic acids is 1. The summed E-state index contributed by atoms with van der Waals surface area (Å²) in [5.41, 5.74) is 0.723. The molecule has 2 aliphatic heterocycles. The van der Waals surface area contributed by atoms with Crippen LogP contribution in [0.4, 0.5) is 0 Å². The van der Waals surface area contributed by atoms with E-state index in [0.717, 1.165) is 49.4 Å². The van der Waals surface area contributed by atoms with Gasteiger partial charge in [0, 0.05) is 31.6 Å². The van der Waals surface area contributed by atoms with Gasteiger partial charge in [-0.2, -0.15) is 0 Å². The number of carbonyl (C=O) groups is 1. The molecule has 0 bridgehead atoms. The molecular weight excluding hydrogens is 354 g/mol. The number of rotatable bonds is 6. The average Bonchev–Trinajstić information content (AvgIpc) is 3.18. The fraction of sp³-hybridized carbons (Fsp3) is 0.591. The van der Waals surface area contributed by atoms with Gasteiger partial charge in [0.1, 0.15) is 11.3 Å². The maximum Gasteiger partial charge on any atom is 0.289 e. The predicted molar refractivity (Wildman–Crippen MR) is 110 cm³/mol. The molecule has 1 aromatic carbocycles. The summed E-state index contributed by atoms with van der Waals surface area (Å²) < 4.78 is 11.0. The average molecular weight is 386 g/mol. The van der Waals surface area contributed by atoms with Crippen LogP contribution in [0.1, 0.15) is 36.2 Å². The van der Waals surface area contributed by atoms with E-state index in [2.05, 4.69) is 9.80 Å². The van der Waals surface area contributed by atoms with Gasteiger partial charge < -0.3 is 19.0 Å². The smallest absolute Gasteiger partial charge is 0.289 e. The first-order valence-corrected chi connectivity index (χ1v) is 10.5. The van der Waals surface area contributed by atoms with Crippen molar-refractivity contribution < 1.29 is 13.9 Å². The van der Waals surface area contributed by atoms with E-state index in [4.69, 9.17) is 9.15 Å². The van der Waals surface area contributed by atoms with Gasteiger partial charge in [-0.15, -0.1) is 0 Å². The van der Waals surface area contributed by atoms with Crippen LogP contribution in [0, 0.1) is 0 Å². The van der Waals surface area contributed by atoms with Crippen LogP contribution < -0.4 is 4.74 Å². The van der Waals surface area contributed by atoms with Gasteiger partial charge in [-0.1, -0.05) is 6.42 Å². The zero-order chi connectivity index (χ0) is 19.3. The number of nitrogens with zero attached hydrogens (tertiary/aromatic N) is 3. The summed E-state index contributed by atoms with van der Waals surface area (Å²) in [5, 5.41) is 0.902. The van der Waals surface area contributed by atoms with Crippen LogP contribution in [0.5, 0.6) is 5.75 Å². The predicted octanol–water partition coefficient (Wildman–Crippen LogP) is 3.08. The topological polar surface area (TPSA) is 49.2 Å². The van der Waals surface area contributed by atoms with Gasteiger partial charge in [0.2, 0.25) is 0 Å². The Hall–Kier alpha value is -2.05. The number of benzene rings is 1. The van der Waals surface area contributed by atoms with Gasteiger partial charge in [-0.05, 0) is 69.7 Å². The summed E-state index contributed by atoms with van der Waals surface area (Å²) in [6.45, 7) is 8.30. The van der Waals surface area contributed by atoms with E-state index in [1.54, 1.807) is 7.11 Å². The van der Waals surface area contributed by atoms with Crippen molar-refractivity contribution in [3.8, 4) is 5.75 Å². The van der Waals surface area contributed by atoms with Crippen LogP contribution in [0.15, 0.2) is 28.7 Å². The monoisotopic (exact) mass is 385 g/mol. The fourth-order valence-electron chi connectivity index (χ4n) is 4.29. The van der Waals surface area contributed by atoms with Crippen molar-refractivity contribution in [3.63, 3.8) is 0 Å². The molecule has 6 nitrogen and oxygen atoms in total. The van der Waals surface area contributed by atoms with Gasteiger partial charge >= 0.3 is 0 Å². The molecule has 3 heterocycles. The van der Waals surface area contributed by atoms with Gasteiger partial charge in [0.05, 0.1) is 7.11 Å². The highest BCUT2D eigenvalue weighted by molar-refractivity contribution is 5.96. The first-order valence-electron chi connectivity index (χ1n) is 10.5. The highest BCUT2D eigenvalue weighted by Gasteiger charge is 2.24. The lowest BCUT2D eigenvalue weighted by atomic mass is 10.1. The van der Waals surface area contributed by atoms with E-state index in [9.17, 15) is 4.79 Å².